The van der Waals surface area contributed by atoms with Gasteiger partial charge in [0.05, 0.1) is 11.4 Å². The molecule has 3 aliphatic heterocycles. The van der Waals surface area contributed by atoms with Crippen molar-refractivity contribution in [3.05, 3.63) is 35.4 Å². The van der Waals surface area contributed by atoms with Gasteiger partial charge in [0.25, 0.3) is 5.91 Å². The second-order valence-electron chi connectivity index (χ2n) is 12.2. The van der Waals surface area contributed by atoms with E-state index in [4.69, 9.17) is 4.74 Å². The number of piperidine rings is 1. The van der Waals surface area contributed by atoms with Gasteiger partial charge < -0.3 is 19.9 Å². The van der Waals surface area contributed by atoms with Gasteiger partial charge in [0, 0.05) is 18.2 Å². The molecule has 1 aliphatic carbocycles. The summed E-state index contributed by atoms with van der Waals surface area (Å²) >= 11 is 1.62. The lowest BCUT2D eigenvalue weighted by molar-refractivity contribution is -0.140. The summed E-state index contributed by atoms with van der Waals surface area (Å²) in [4.78, 5) is 43.9. The Hall–Kier alpha value is -1.90. The number of carbonyl (C=O) groups is 3. The lowest BCUT2D eigenvalue weighted by Gasteiger charge is -2.42. The van der Waals surface area contributed by atoms with Crippen LogP contribution < -0.4 is 5.32 Å². The largest absolute Gasteiger partial charge is 0.367 e. The fourth-order valence-electron chi connectivity index (χ4n) is 6.33. The van der Waals surface area contributed by atoms with Crippen molar-refractivity contribution < 1.29 is 19.1 Å². The molecular formula is C29H41N3O4S. The first kappa shape index (κ1) is 26.7. The summed E-state index contributed by atoms with van der Waals surface area (Å²) in [5, 5.41) is 3.07. The zero-order chi connectivity index (χ0) is 26.3. The van der Waals surface area contributed by atoms with Crippen molar-refractivity contribution in [2.75, 3.05) is 32.5 Å². The minimum Gasteiger partial charge on any atom is -0.367 e. The highest BCUT2D eigenvalue weighted by molar-refractivity contribution is 7.99. The molecule has 4 aliphatic rings. The van der Waals surface area contributed by atoms with E-state index in [-0.39, 0.29) is 35.6 Å². The Kier molecular flexibility index (Phi) is 7.72. The highest BCUT2D eigenvalue weighted by Gasteiger charge is 2.53. The number of nitrogens with zero attached hydrogens (tertiary/aromatic N) is 2. The van der Waals surface area contributed by atoms with Gasteiger partial charge in [-0.15, -0.1) is 0 Å². The number of fused-ring (bicyclic) bond motifs is 1. The van der Waals surface area contributed by atoms with Gasteiger partial charge >= 0.3 is 0 Å². The zero-order valence-electron chi connectivity index (χ0n) is 22.6. The lowest BCUT2D eigenvalue weighted by Crippen LogP contribution is -2.57. The zero-order valence-corrected chi connectivity index (χ0v) is 23.4. The van der Waals surface area contributed by atoms with Crippen LogP contribution in [0.2, 0.25) is 0 Å². The van der Waals surface area contributed by atoms with Crippen molar-refractivity contribution in [2.45, 2.75) is 88.3 Å². The monoisotopic (exact) mass is 527 g/mol. The van der Waals surface area contributed by atoms with E-state index in [2.05, 4.69) is 22.3 Å². The maximum Gasteiger partial charge on any atom is 0.251 e. The molecule has 7 nitrogen and oxygen atoms in total. The first-order valence-electron chi connectivity index (χ1n) is 13.8. The molecule has 0 aromatic heterocycles. The molecule has 1 saturated carbocycles. The normalized spacial score (nSPS) is 28.2. The molecule has 3 heterocycles. The smallest absolute Gasteiger partial charge is 0.251 e. The standard InChI is InChI=1S/C29H41N3O4S/c1-29(2,3)26(28(35)32-16-23(37-4)25-24(32)22(33)17-36-25)30-27(34)20-10-8-18(9-11-20)19-12-14-31(15-13-19)21-6-5-7-21/h8-11,19,21,23-26H,5-7,12-17H2,1-4H3,(H,30,34)/t23-,24+,25+,26+/m0/s1. The molecule has 0 unspecified atom stereocenters. The van der Waals surface area contributed by atoms with E-state index in [0.29, 0.717) is 18.0 Å². The average molecular weight is 528 g/mol. The van der Waals surface area contributed by atoms with Crippen LogP contribution in [0.4, 0.5) is 0 Å². The van der Waals surface area contributed by atoms with E-state index in [1.807, 2.05) is 39.2 Å². The molecule has 1 aromatic rings. The van der Waals surface area contributed by atoms with Crippen LogP contribution >= 0.6 is 11.8 Å². The summed E-state index contributed by atoms with van der Waals surface area (Å²) in [6.07, 6.45) is 8.13. The Morgan fingerprint density at radius 2 is 1.76 bits per heavy atom. The average Bonchev–Trinajstić information content (AvgIpc) is 3.41. The third kappa shape index (κ3) is 5.34. The van der Waals surface area contributed by atoms with Crippen LogP contribution in [0.25, 0.3) is 0 Å². The van der Waals surface area contributed by atoms with Crippen LogP contribution in [0.15, 0.2) is 24.3 Å². The second kappa shape index (κ2) is 10.7. The number of Topliss-reactive ketones (excluding diaryl/α,β-unsaturated/α-hetero) is 1. The van der Waals surface area contributed by atoms with E-state index in [0.717, 1.165) is 19.1 Å². The molecule has 1 N–H and O–H groups in total. The van der Waals surface area contributed by atoms with Gasteiger partial charge in [-0.2, -0.15) is 11.8 Å². The van der Waals surface area contributed by atoms with Crippen LogP contribution in [-0.2, 0) is 14.3 Å². The molecule has 0 bridgehead atoms. The van der Waals surface area contributed by atoms with Gasteiger partial charge in [0.15, 0.2) is 5.78 Å². The molecule has 2 amide bonds. The van der Waals surface area contributed by atoms with Crippen molar-refractivity contribution >= 4 is 29.4 Å². The SMILES string of the molecule is CS[C@H]1CN(C(=O)[C@@H](NC(=O)c2ccc(C3CCN(C4CCC4)CC3)cc2)C(C)(C)C)[C@@H]2C(=O)CO[C@H]12. The van der Waals surface area contributed by atoms with Crippen molar-refractivity contribution in [3.63, 3.8) is 0 Å². The summed E-state index contributed by atoms with van der Waals surface area (Å²) < 4.78 is 5.72. The van der Waals surface area contributed by atoms with Gasteiger partial charge in [-0.05, 0) is 74.1 Å². The topological polar surface area (TPSA) is 79.0 Å². The molecule has 37 heavy (non-hydrogen) atoms. The third-order valence-corrected chi connectivity index (χ3v) is 9.90. The van der Waals surface area contributed by atoms with Crippen LogP contribution in [0.5, 0.6) is 0 Å². The number of hydrogen-bond donors (Lipinski definition) is 1. The van der Waals surface area contributed by atoms with Crippen LogP contribution in [0, 0.1) is 5.41 Å². The van der Waals surface area contributed by atoms with Gasteiger partial charge in [-0.25, -0.2) is 0 Å². The molecule has 4 atom stereocenters. The predicted molar refractivity (Wildman–Crippen MR) is 146 cm³/mol. The van der Waals surface area contributed by atoms with Crippen molar-refractivity contribution in [1.82, 2.24) is 15.1 Å². The van der Waals surface area contributed by atoms with E-state index in [1.165, 1.54) is 37.7 Å². The summed E-state index contributed by atoms with van der Waals surface area (Å²) in [7, 11) is 0. The van der Waals surface area contributed by atoms with Crippen LogP contribution in [0.3, 0.4) is 0 Å². The van der Waals surface area contributed by atoms with Gasteiger partial charge in [0.1, 0.15) is 18.7 Å². The van der Waals surface area contributed by atoms with Gasteiger partial charge in [0.2, 0.25) is 5.91 Å². The van der Waals surface area contributed by atoms with E-state index in [9.17, 15) is 14.4 Å². The number of carbonyl (C=O) groups excluding carboxylic acids is 3. The Morgan fingerprint density at radius 1 is 1.08 bits per heavy atom. The van der Waals surface area contributed by atoms with Crippen molar-refractivity contribution in [1.29, 1.82) is 0 Å². The number of rotatable bonds is 6. The second-order valence-corrected chi connectivity index (χ2v) is 13.3. The number of ether oxygens (including phenoxy) is 1. The number of nitrogens with one attached hydrogen (secondary N) is 1. The molecule has 4 fully saturated rings. The van der Waals surface area contributed by atoms with E-state index >= 15 is 0 Å². The summed E-state index contributed by atoms with van der Waals surface area (Å²) in [5.74, 6) is 0.0193. The molecule has 5 rings (SSSR count). The Morgan fingerprint density at radius 3 is 2.32 bits per heavy atom. The number of ketones is 1. The fraction of sp³-hybridized carbons (Fsp3) is 0.690. The quantitative estimate of drug-likeness (QED) is 0.610. The number of benzene rings is 1. The predicted octanol–water partition coefficient (Wildman–Crippen LogP) is 3.47. The molecule has 202 valence electrons. The minimum atomic E-state index is -0.745. The minimum absolute atomic E-state index is 0.0503. The van der Waals surface area contributed by atoms with Crippen molar-refractivity contribution in [2.24, 2.45) is 5.41 Å². The summed E-state index contributed by atoms with van der Waals surface area (Å²) in [6.45, 7) is 8.67. The molecule has 0 spiro atoms. The highest BCUT2D eigenvalue weighted by Crippen LogP contribution is 2.36. The fourth-order valence-corrected chi connectivity index (χ4v) is 7.14. The summed E-state index contributed by atoms with van der Waals surface area (Å²) in [6, 6.07) is 7.44. The molecule has 0 radical (unpaired) electrons. The Bertz CT molecular complexity index is 1010. The van der Waals surface area contributed by atoms with Crippen LogP contribution in [-0.4, -0.2) is 89.4 Å². The highest BCUT2D eigenvalue weighted by atomic mass is 32.2. The summed E-state index contributed by atoms with van der Waals surface area (Å²) in [5.41, 5.74) is 1.33. The maximum atomic E-state index is 13.8. The third-order valence-electron chi connectivity index (χ3n) is 8.88. The van der Waals surface area contributed by atoms with Gasteiger partial charge in [-0.3, -0.25) is 14.4 Å². The number of likely N-dealkylation sites (tertiary alicyclic amines) is 2. The first-order valence-corrected chi connectivity index (χ1v) is 15.1. The van der Waals surface area contributed by atoms with E-state index in [1.54, 1.807) is 16.7 Å². The molecule has 1 aromatic carbocycles. The number of thioether (sulfide) groups is 1. The van der Waals surface area contributed by atoms with Crippen LogP contribution in [0.1, 0.15) is 74.7 Å². The van der Waals surface area contributed by atoms with E-state index < -0.39 is 17.5 Å². The maximum absolute atomic E-state index is 13.8. The van der Waals surface area contributed by atoms with Crippen molar-refractivity contribution in [3.8, 4) is 0 Å². The lowest BCUT2D eigenvalue weighted by atomic mass is 9.84. The Balaban J connectivity index is 1.24. The number of hydrogen-bond acceptors (Lipinski definition) is 6. The molecule has 3 saturated heterocycles. The molecular weight excluding hydrogens is 486 g/mol. The first-order chi connectivity index (χ1) is 17.7. The molecule has 8 heteroatoms. The Labute approximate surface area is 225 Å². The van der Waals surface area contributed by atoms with Gasteiger partial charge in [-0.1, -0.05) is 39.3 Å². The number of amides is 2.